The number of phenolic OH excluding ortho intramolecular Hbond substituents is 1. The summed E-state index contributed by atoms with van der Waals surface area (Å²) in [6, 6.07) is 6.55. The van der Waals surface area contributed by atoms with E-state index in [2.05, 4.69) is 35.8 Å². The number of carbonyl (C=O) groups is 1. The first-order chi connectivity index (χ1) is 11.6. The molecule has 0 saturated heterocycles. The van der Waals surface area contributed by atoms with Crippen molar-refractivity contribution in [2.24, 2.45) is 5.10 Å². The number of amides is 1. The predicted molar refractivity (Wildman–Crippen MR) is 81.5 cm³/mol. The molecule has 0 radical (unpaired) electrons. The summed E-state index contributed by atoms with van der Waals surface area (Å²) in [5.41, 5.74) is 8.79. The fraction of sp³-hybridized carbons (Fsp3) is 0.0769. The standard InChI is InChI=1S/C13H12N8O3/c1-7-10(21(20-16-7)12-11(14)18-24-19-12)13(23)17-15-6-8-4-2-3-5-9(8)22/h2-6,22H,1H3,(H2,14,18)(H,17,23)/b15-6+. The fourth-order valence-corrected chi connectivity index (χ4v) is 1.91. The maximum atomic E-state index is 12.3. The largest absolute Gasteiger partial charge is 0.507 e. The number of para-hydroxylation sites is 1. The third-order valence-electron chi connectivity index (χ3n) is 3.06. The van der Waals surface area contributed by atoms with Crippen LogP contribution in [0.2, 0.25) is 0 Å². The van der Waals surface area contributed by atoms with Gasteiger partial charge in [-0.1, -0.05) is 17.3 Å². The summed E-state index contributed by atoms with van der Waals surface area (Å²) >= 11 is 0. The van der Waals surface area contributed by atoms with E-state index < -0.39 is 5.91 Å². The van der Waals surface area contributed by atoms with E-state index in [1.165, 1.54) is 12.3 Å². The highest BCUT2D eigenvalue weighted by Gasteiger charge is 2.22. The van der Waals surface area contributed by atoms with Crippen LogP contribution in [0.15, 0.2) is 34.0 Å². The lowest BCUT2D eigenvalue weighted by Gasteiger charge is -2.02. The number of aryl methyl sites for hydroxylation is 1. The van der Waals surface area contributed by atoms with Crippen LogP contribution < -0.4 is 11.2 Å². The minimum absolute atomic E-state index is 0.0355. The Morgan fingerprint density at radius 3 is 2.92 bits per heavy atom. The molecule has 0 saturated carbocycles. The molecule has 11 nitrogen and oxygen atoms in total. The molecule has 2 aromatic heterocycles. The minimum atomic E-state index is -0.591. The van der Waals surface area contributed by atoms with Gasteiger partial charge in [0.05, 0.1) is 11.9 Å². The van der Waals surface area contributed by atoms with E-state index in [4.69, 9.17) is 5.73 Å². The van der Waals surface area contributed by atoms with Crippen LogP contribution in [0, 0.1) is 6.92 Å². The van der Waals surface area contributed by atoms with Gasteiger partial charge >= 0.3 is 0 Å². The average molecular weight is 328 g/mol. The number of aromatic hydroxyl groups is 1. The van der Waals surface area contributed by atoms with E-state index in [9.17, 15) is 9.90 Å². The highest BCUT2D eigenvalue weighted by atomic mass is 16.6. The number of benzene rings is 1. The molecular weight excluding hydrogens is 316 g/mol. The molecule has 0 bridgehead atoms. The Morgan fingerprint density at radius 1 is 1.42 bits per heavy atom. The van der Waals surface area contributed by atoms with Gasteiger partial charge < -0.3 is 10.8 Å². The second-order valence-corrected chi connectivity index (χ2v) is 4.67. The number of hydrazone groups is 1. The van der Waals surface area contributed by atoms with E-state index in [0.29, 0.717) is 11.3 Å². The van der Waals surface area contributed by atoms with E-state index in [0.717, 1.165) is 4.68 Å². The van der Waals surface area contributed by atoms with Gasteiger partial charge in [-0.05, 0) is 29.4 Å². The highest BCUT2D eigenvalue weighted by Crippen LogP contribution is 2.15. The van der Waals surface area contributed by atoms with Gasteiger partial charge in [-0.15, -0.1) is 5.10 Å². The van der Waals surface area contributed by atoms with Gasteiger partial charge in [0.15, 0.2) is 5.69 Å². The maximum absolute atomic E-state index is 12.3. The van der Waals surface area contributed by atoms with Gasteiger partial charge in [0, 0.05) is 5.56 Å². The van der Waals surface area contributed by atoms with Gasteiger partial charge in [0.1, 0.15) is 5.75 Å². The molecule has 24 heavy (non-hydrogen) atoms. The molecule has 1 amide bonds. The summed E-state index contributed by atoms with van der Waals surface area (Å²) in [6.07, 6.45) is 1.31. The minimum Gasteiger partial charge on any atom is -0.507 e. The molecule has 3 aromatic rings. The second kappa shape index (κ2) is 6.16. The number of carbonyl (C=O) groups excluding carboxylic acids is 1. The Kier molecular flexibility index (Phi) is 3.89. The normalized spacial score (nSPS) is 11.0. The first kappa shape index (κ1) is 15.1. The number of anilines is 1. The molecule has 2 heterocycles. The zero-order chi connectivity index (χ0) is 17.1. The quantitative estimate of drug-likeness (QED) is 0.446. The predicted octanol–water partition coefficient (Wildman–Crippen LogP) is 0.0104. The van der Waals surface area contributed by atoms with E-state index in [1.807, 2.05) is 0 Å². The average Bonchev–Trinajstić information content (AvgIpc) is 3.14. The fourth-order valence-electron chi connectivity index (χ4n) is 1.91. The molecule has 122 valence electrons. The summed E-state index contributed by atoms with van der Waals surface area (Å²) in [5.74, 6) is -0.538. The van der Waals surface area contributed by atoms with E-state index in [-0.39, 0.29) is 23.1 Å². The van der Waals surface area contributed by atoms with Crippen LogP contribution in [0.1, 0.15) is 21.7 Å². The molecule has 0 spiro atoms. The summed E-state index contributed by atoms with van der Waals surface area (Å²) in [4.78, 5) is 12.3. The first-order valence-electron chi connectivity index (χ1n) is 6.70. The molecule has 0 atom stereocenters. The van der Waals surface area contributed by atoms with Crippen LogP contribution in [0.3, 0.4) is 0 Å². The molecule has 0 aliphatic rings. The number of nitrogens with two attached hydrogens (primary N) is 1. The Bertz CT molecular complexity index is 914. The van der Waals surface area contributed by atoms with Gasteiger partial charge in [-0.2, -0.15) is 9.78 Å². The SMILES string of the molecule is Cc1nnn(-c2nonc2N)c1C(=O)N/N=C/c1ccccc1O. The zero-order valence-electron chi connectivity index (χ0n) is 12.4. The monoisotopic (exact) mass is 328 g/mol. The van der Waals surface area contributed by atoms with Gasteiger partial charge in [0.25, 0.3) is 5.91 Å². The first-order valence-corrected chi connectivity index (χ1v) is 6.70. The lowest BCUT2D eigenvalue weighted by molar-refractivity contribution is 0.0946. The number of nitrogens with zero attached hydrogens (tertiary/aromatic N) is 6. The van der Waals surface area contributed by atoms with Crippen LogP contribution in [0.5, 0.6) is 5.75 Å². The van der Waals surface area contributed by atoms with Crippen molar-refractivity contribution in [3.63, 3.8) is 0 Å². The number of aromatic nitrogens is 5. The van der Waals surface area contributed by atoms with Crippen molar-refractivity contribution in [1.29, 1.82) is 0 Å². The lowest BCUT2D eigenvalue weighted by atomic mass is 10.2. The van der Waals surface area contributed by atoms with Crippen molar-refractivity contribution in [1.82, 2.24) is 30.7 Å². The van der Waals surface area contributed by atoms with Gasteiger partial charge in [-0.25, -0.2) is 10.1 Å². The molecule has 0 aliphatic carbocycles. The molecule has 11 heteroatoms. The highest BCUT2D eigenvalue weighted by molar-refractivity contribution is 5.95. The van der Waals surface area contributed by atoms with Crippen LogP contribution in [0.25, 0.3) is 5.82 Å². The second-order valence-electron chi connectivity index (χ2n) is 4.67. The Hall–Kier alpha value is -3.76. The number of hydrogen-bond donors (Lipinski definition) is 3. The molecule has 4 N–H and O–H groups in total. The van der Waals surface area contributed by atoms with Gasteiger partial charge in [0.2, 0.25) is 11.6 Å². The molecule has 3 rings (SSSR count). The van der Waals surface area contributed by atoms with Crippen LogP contribution in [-0.2, 0) is 0 Å². The third-order valence-corrected chi connectivity index (χ3v) is 3.06. The number of hydrogen-bond acceptors (Lipinski definition) is 9. The summed E-state index contributed by atoms with van der Waals surface area (Å²) in [7, 11) is 0. The third kappa shape index (κ3) is 2.77. The van der Waals surface area contributed by atoms with Crippen molar-refractivity contribution < 1.29 is 14.5 Å². The van der Waals surface area contributed by atoms with E-state index in [1.54, 1.807) is 25.1 Å². The smallest absolute Gasteiger partial charge is 0.292 e. The van der Waals surface area contributed by atoms with E-state index >= 15 is 0 Å². The summed E-state index contributed by atoms with van der Waals surface area (Å²) < 4.78 is 5.60. The number of rotatable bonds is 4. The molecular formula is C13H12N8O3. The Morgan fingerprint density at radius 2 is 2.21 bits per heavy atom. The van der Waals surface area contributed by atoms with Crippen LogP contribution >= 0.6 is 0 Å². The van der Waals surface area contributed by atoms with Crippen molar-refractivity contribution >= 4 is 17.9 Å². The van der Waals surface area contributed by atoms with Crippen molar-refractivity contribution in [2.75, 3.05) is 5.73 Å². The van der Waals surface area contributed by atoms with Gasteiger partial charge in [-0.3, -0.25) is 4.79 Å². The van der Waals surface area contributed by atoms with Crippen LogP contribution in [-0.4, -0.2) is 42.5 Å². The number of nitrogens with one attached hydrogen (secondary N) is 1. The van der Waals surface area contributed by atoms with Crippen molar-refractivity contribution in [3.05, 3.63) is 41.2 Å². The number of phenols is 1. The van der Waals surface area contributed by atoms with Crippen molar-refractivity contribution in [3.8, 4) is 11.6 Å². The Balaban J connectivity index is 1.83. The summed E-state index contributed by atoms with van der Waals surface area (Å²) in [5, 5.41) is 28.0. The number of nitrogen functional groups attached to an aromatic ring is 1. The molecule has 1 aromatic carbocycles. The molecule has 0 unspecified atom stereocenters. The van der Waals surface area contributed by atoms with Crippen LogP contribution in [0.4, 0.5) is 5.82 Å². The maximum Gasteiger partial charge on any atom is 0.292 e. The molecule has 0 fully saturated rings. The zero-order valence-corrected chi connectivity index (χ0v) is 12.4. The summed E-state index contributed by atoms with van der Waals surface area (Å²) in [6.45, 7) is 1.59. The molecule has 0 aliphatic heterocycles. The lowest BCUT2D eigenvalue weighted by Crippen LogP contribution is -2.22. The van der Waals surface area contributed by atoms with Crippen molar-refractivity contribution in [2.45, 2.75) is 6.92 Å². The Labute approximate surface area is 134 Å². The topological polar surface area (TPSA) is 157 Å².